The van der Waals surface area contributed by atoms with Crippen molar-refractivity contribution in [3.8, 4) is 0 Å². The summed E-state index contributed by atoms with van der Waals surface area (Å²) in [5, 5.41) is 2.38. The Labute approximate surface area is 229 Å². The van der Waals surface area contributed by atoms with Crippen LogP contribution < -0.4 is 15.1 Å². The van der Waals surface area contributed by atoms with Crippen LogP contribution in [-0.2, 0) is 22.7 Å². The standard InChI is InChI=1S/C30H36N6O3/c37-27-8-6-25(28(38)32-27)36-18-22-15-23(4-5-24(22)29(36)39)35-19-30(20-35)9-13-33(14-10-30)17-21-3-7-26(31-16-21)34-11-1-2-12-34/h3-5,7,15-16,25H,1-2,6,8-14,17-20H2,(H,32,37,38). The smallest absolute Gasteiger partial charge is 0.255 e. The van der Waals surface area contributed by atoms with Crippen LogP contribution in [0.2, 0.25) is 0 Å². The Kier molecular flexibility index (Phi) is 6.06. The number of benzene rings is 1. The number of imide groups is 1. The Morgan fingerprint density at radius 2 is 1.74 bits per heavy atom. The maximum atomic E-state index is 13.0. The van der Waals surface area contributed by atoms with Gasteiger partial charge in [-0.25, -0.2) is 4.98 Å². The SMILES string of the molecule is O=C1CCC(N2Cc3cc(N4CC5(CCN(Cc6ccc(N7CCCC7)nc6)CC5)C4)ccc3C2=O)C(=O)N1. The first-order valence-electron chi connectivity index (χ1n) is 14.4. The summed E-state index contributed by atoms with van der Waals surface area (Å²) in [5.41, 5.74) is 4.48. The van der Waals surface area contributed by atoms with E-state index in [-0.39, 0.29) is 24.1 Å². The van der Waals surface area contributed by atoms with E-state index in [9.17, 15) is 14.4 Å². The highest BCUT2D eigenvalue weighted by atomic mass is 16.2. The molecule has 7 rings (SSSR count). The number of fused-ring (bicyclic) bond motifs is 1. The van der Waals surface area contributed by atoms with Crippen molar-refractivity contribution in [2.24, 2.45) is 5.41 Å². The van der Waals surface area contributed by atoms with Crippen molar-refractivity contribution in [2.75, 3.05) is 49.1 Å². The number of nitrogens with zero attached hydrogens (tertiary/aromatic N) is 5. The maximum absolute atomic E-state index is 13.0. The van der Waals surface area contributed by atoms with E-state index in [1.807, 2.05) is 12.1 Å². The van der Waals surface area contributed by atoms with Crippen molar-refractivity contribution < 1.29 is 14.4 Å². The summed E-state index contributed by atoms with van der Waals surface area (Å²) in [6, 6.07) is 9.95. The number of nitrogens with one attached hydrogen (secondary N) is 1. The van der Waals surface area contributed by atoms with E-state index in [1.165, 1.54) is 31.2 Å². The summed E-state index contributed by atoms with van der Waals surface area (Å²) in [6.07, 6.45) is 7.67. The number of hydrogen-bond acceptors (Lipinski definition) is 7. The third-order valence-electron chi connectivity index (χ3n) is 9.49. The molecule has 0 aliphatic carbocycles. The van der Waals surface area contributed by atoms with Crippen LogP contribution in [0.15, 0.2) is 36.5 Å². The molecule has 39 heavy (non-hydrogen) atoms. The molecule has 1 unspecified atom stereocenters. The number of likely N-dealkylation sites (tertiary alicyclic amines) is 1. The van der Waals surface area contributed by atoms with Gasteiger partial charge < -0.3 is 14.7 Å². The summed E-state index contributed by atoms with van der Waals surface area (Å²) in [6.45, 7) is 7.98. The number of aromatic nitrogens is 1. The third kappa shape index (κ3) is 4.56. The predicted octanol–water partition coefficient (Wildman–Crippen LogP) is 2.55. The summed E-state index contributed by atoms with van der Waals surface area (Å²) >= 11 is 0. The van der Waals surface area contributed by atoms with Crippen LogP contribution in [0.4, 0.5) is 11.5 Å². The highest BCUT2D eigenvalue weighted by Crippen LogP contribution is 2.43. The lowest BCUT2D eigenvalue weighted by molar-refractivity contribution is -0.136. The van der Waals surface area contributed by atoms with Gasteiger partial charge in [0.15, 0.2) is 0 Å². The van der Waals surface area contributed by atoms with Crippen LogP contribution in [0.3, 0.4) is 0 Å². The van der Waals surface area contributed by atoms with Crippen molar-refractivity contribution in [3.05, 3.63) is 53.2 Å². The lowest BCUT2D eigenvalue weighted by atomic mass is 9.71. The number of carbonyl (C=O) groups is 3. The van der Waals surface area contributed by atoms with Crippen LogP contribution in [0.5, 0.6) is 0 Å². The molecule has 0 saturated carbocycles. The van der Waals surface area contributed by atoms with E-state index in [0.717, 1.165) is 62.9 Å². The highest BCUT2D eigenvalue weighted by molar-refractivity contribution is 6.05. The molecule has 4 saturated heterocycles. The summed E-state index contributed by atoms with van der Waals surface area (Å²) in [7, 11) is 0. The van der Waals surface area contributed by atoms with E-state index in [0.29, 0.717) is 23.9 Å². The minimum atomic E-state index is -0.567. The van der Waals surface area contributed by atoms with Crippen molar-refractivity contribution >= 4 is 29.2 Å². The Morgan fingerprint density at radius 3 is 2.46 bits per heavy atom. The lowest BCUT2D eigenvalue weighted by Crippen LogP contribution is -2.60. The Bertz CT molecular complexity index is 1290. The third-order valence-corrected chi connectivity index (χ3v) is 9.49. The number of carbonyl (C=O) groups excluding carboxylic acids is 3. The van der Waals surface area contributed by atoms with Gasteiger partial charge in [-0.3, -0.25) is 24.6 Å². The maximum Gasteiger partial charge on any atom is 0.255 e. The van der Waals surface area contributed by atoms with Gasteiger partial charge in [0.05, 0.1) is 0 Å². The lowest BCUT2D eigenvalue weighted by Gasteiger charge is -2.55. The number of rotatable bonds is 5. The average molecular weight is 529 g/mol. The molecule has 1 atom stereocenters. The molecule has 0 radical (unpaired) electrons. The van der Waals surface area contributed by atoms with E-state index in [4.69, 9.17) is 4.98 Å². The molecule has 0 bridgehead atoms. The highest BCUT2D eigenvalue weighted by Gasteiger charge is 2.45. The van der Waals surface area contributed by atoms with Crippen LogP contribution in [0.25, 0.3) is 0 Å². The summed E-state index contributed by atoms with van der Waals surface area (Å²) < 4.78 is 0. The summed E-state index contributed by atoms with van der Waals surface area (Å²) in [5.74, 6) is 0.380. The van der Waals surface area contributed by atoms with E-state index in [2.05, 4.69) is 44.4 Å². The fourth-order valence-electron chi connectivity index (χ4n) is 7.11. The number of pyridine rings is 1. The molecule has 1 spiro atoms. The fraction of sp³-hybridized carbons (Fsp3) is 0.533. The number of piperidine rings is 2. The average Bonchev–Trinajstić information content (AvgIpc) is 3.57. The van der Waals surface area contributed by atoms with Gasteiger partial charge in [-0.05, 0) is 80.6 Å². The Morgan fingerprint density at radius 1 is 0.949 bits per heavy atom. The molecule has 9 nitrogen and oxygen atoms in total. The first-order valence-corrected chi connectivity index (χ1v) is 14.4. The van der Waals surface area contributed by atoms with Crippen LogP contribution >= 0.6 is 0 Å². The van der Waals surface area contributed by atoms with Crippen molar-refractivity contribution in [2.45, 2.75) is 57.7 Å². The van der Waals surface area contributed by atoms with Crippen LogP contribution in [0, 0.1) is 5.41 Å². The normalized spacial score (nSPS) is 24.8. The van der Waals surface area contributed by atoms with Crippen LogP contribution in [0.1, 0.15) is 60.0 Å². The first-order chi connectivity index (χ1) is 19.0. The first kappa shape index (κ1) is 24.6. The Hall–Kier alpha value is -3.46. The zero-order valence-electron chi connectivity index (χ0n) is 22.4. The molecular weight excluding hydrogens is 492 g/mol. The van der Waals surface area contributed by atoms with Gasteiger partial charge in [0, 0.05) is 68.6 Å². The molecule has 3 amide bonds. The van der Waals surface area contributed by atoms with Crippen molar-refractivity contribution in [3.63, 3.8) is 0 Å². The van der Waals surface area contributed by atoms with Crippen LogP contribution in [-0.4, -0.2) is 77.8 Å². The number of hydrogen-bond donors (Lipinski definition) is 1. The zero-order chi connectivity index (χ0) is 26.6. The molecule has 1 N–H and O–H groups in total. The molecule has 9 heteroatoms. The van der Waals surface area contributed by atoms with E-state index < -0.39 is 6.04 Å². The molecule has 204 valence electrons. The van der Waals surface area contributed by atoms with Crippen molar-refractivity contribution in [1.29, 1.82) is 0 Å². The number of amides is 3. The Balaban J connectivity index is 0.924. The van der Waals surface area contributed by atoms with Crippen molar-refractivity contribution in [1.82, 2.24) is 20.1 Å². The number of anilines is 2. The minimum Gasteiger partial charge on any atom is -0.370 e. The van der Waals surface area contributed by atoms with Gasteiger partial charge in [0.25, 0.3) is 5.91 Å². The molecule has 2 aromatic rings. The molecule has 1 aromatic heterocycles. The predicted molar refractivity (Wildman–Crippen MR) is 147 cm³/mol. The van der Waals surface area contributed by atoms with E-state index >= 15 is 0 Å². The topological polar surface area (TPSA) is 89.1 Å². The van der Waals surface area contributed by atoms with Gasteiger partial charge in [0.2, 0.25) is 11.8 Å². The van der Waals surface area contributed by atoms with Gasteiger partial charge >= 0.3 is 0 Å². The molecule has 5 aliphatic heterocycles. The minimum absolute atomic E-state index is 0.112. The monoisotopic (exact) mass is 528 g/mol. The summed E-state index contributed by atoms with van der Waals surface area (Å²) in [4.78, 5) is 50.6. The second kappa shape index (κ2) is 9.62. The largest absolute Gasteiger partial charge is 0.370 e. The molecular formula is C30H36N6O3. The molecule has 1 aromatic carbocycles. The second-order valence-corrected chi connectivity index (χ2v) is 12.1. The second-order valence-electron chi connectivity index (χ2n) is 12.1. The van der Waals surface area contributed by atoms with E-state index in [1.54, 1.807) is 4.90 Å². The van der Waals surface area contributed by atoms with Gasteiger partial charge in [0.1, 0.15) is 11.9 Å². The fourth-order valence-corrected chi connectivity index (χ4v) is 7.11. The van der Waals surface area contributed by atoms with Gasteiger partial charge in [-0.15, -0.1) is 0 Å². The quantitative estimate of drug-likeness (QED) is 0.597. The zero-order valence-corrected chi connectivity index (χ0v) is 22.4. The molecule has 4 fully saturated rings. The molecule has 6 heterocycles. The van der Waals surface area contributed by atoms with Gasteiger partial charge in [-0.2, -0.15) is 0 Å². The molecule has 5 aliphatic rings. The van der Waals surface area contributed by atoms with Gasteiger partial charge in [-0.1, -0.05) is 6.07 Å².